The highest BCUT2D eigenvalue weighted by atomic mass is 32.2. The van der Waals surface area contributed by atoms with E-state index in [9.17, 15) is 12.6 Å². The topological polar surface area (TPSA) is 112 Å². The third-order valence-electron chi connectivity index (χ3n) is 3.03. The van der Waals surface area contributed by atoms with Crippen LogP contribution in [0.1, 0.15) is 11.3 Å². The number of sulfonamides is 1. The van der Waals surface area contributed by atoms with E-state index in [1.54, 1.807) is 12.3 Å². The number of nitrogens with zero attached hydrogens (tertiary/aromatic N) is 1. The van der Waals surface area contributed by atoms with Gasteiger partial charge >= 0.3 is 0 Å². The first kappa shape index (κ1) is 17.5. The molecule has 0 aliphatic carbocycles. The summed E-state index contributed by atoms with van der Waals surface area (Å²) in [5.74, 6) is 0. The Bertz CT molecular complexity index is 909. The van der Waals surface area contributed by atoms with Crippen LogP contribution < -0.4 is 10.3 Å². The van der Waals surface area contributed by atoms with Gasteiger partial charge in [0.15, 0.2) is 0 Å². The minimum absolute atomic E-state index is 0.0461. The molecule has 124 valence electrons. The SMILES string of the molecule is Cc1cc(CNNS(=O)(=O)c2cccc(S(C)(=N)=O)c2)ccn1. The third-order valence-corrected chi connectivity index (χ3v) is 5.47. The van der Waals surface area contributed by atoms with Crippen molar-refractivity contribution in [3.05, 3.63) is 53.9 Å². The summed E-state index contributed by atoms with van der Waals surface area (Å²) in [6.45, 7) is 2.15. The van der Waals surface area contributed by atoms with Gasteiger partial charge in [-0.1, -0.05) is 6.07 Å². The van der Waals surface area contributed by atoms with Gasteiger partial charge in [0.25, 0.3) is 10.0 Å². The molecule has 0 aliphatic rings. The minimum atomic E-state index is -3.81. The molecule has 0 fully saturated rings. The Hall–Kier alpha value is -1.81. The van der Waals surface area contributed by atoms with Gasteiger partial charge in [0.05, 0.1) is 14.6 Å². The first-order chi connectivity index (χ1) is 10.7. The molecule has 0 saturated heterocycles. The summed E-state index contributed by atoms with van der Waals surface area (Å²) in [6, 6.07) is 9.19. The van der Waals surface area contributed by atoms with Gasteiger partial charge in [-0.2, -0.15) is 0 Å². The maximum Gasteiger partial charge on any atom is 0.253 e. The summed E-state index contributed by atoms with van der Waals surface area (Å²) < 4.78 is 43.7. The summed E-state index contributed by atoms with van der Waals surface area (Å²) >= 11 is 0. The van der Waals surface area contributed by atoms with Crippen LogP contribution in [0, 0.1) is 11.7 Å². The van der Waals surface area contributed by atoms with Crippen LogP contribution in [-0.2, 0) is 26.3 Å². The predicted molar refractivity (Wildman–Crippen MR) is 87.6 cm³/mol. The Morgan fingerprint density at radius 3 is 2.48 bits per heavy atom. The fourth-order valence-corrected chi connectivity index (χ4v) is 3.57. The van der Waals surface area contributed by atoms with E-state index in [4.69, 9.17) is 4.78 Å². The zero-order chi connectivity index (χ0) is 17.1. The maximum absolute atomic E-state index is 12.2. The van der Waals surface area contributed by atoms with Gasteiger partial charge in [-0.25, -0.2) is 22.8 Å². The molecule has 7 nitrogen and oxygen atoms in total. The molecule has 0 amide bonds. The van der Waals surface area contributed by atoms with E-state index < -0.39 is 19.8 Å². The number of pyridine rings is 1. The summed E-state index contributed by atoms with van der Waals surface area (Å²) in [4.78, 5) is 6.46. The molecule has 1 aromatic carbocycles. The van der Waals surface area contributed by atoms with E-state index in [1.807, 2.05) is 13.0 Å². The number of rotatable bonds is 6. The van der Waals surface area contributed by atoms with E-state index in [1.165, 1.54) is 30.5 Å². The van der Waals surface area contributed by atoms with Gasteiger partial charge in [-0.3, -0.25) is 4.98 Å². The third kappa shape index (κ3) is 4.83. The Balaban J connectivity index is 2.10. The van der Waals surface area contributed by atoms with Crippen molar-refractivity contribution < 1.29 is 12.6 Å². The second kappa shape index (κ2) is 6.75. The highest BCUT2D eigenvalue weighted by Gasteiger charge is 2.15. The van der Waals surface area contributed by atoms with Gasteiger partial charge in [0.1, 0.15) is 0 Å². The molecule has 2 aromatic rings. The average Bonchev–Trinajstić information content (AvgIpc) is 2.46. The molecule has 2 rings (SSSR count). The first-order valence-electron chi connectivity index (χ1n) is 6.68. The average molecular weight is 354 g/mol. The van der Waals surface area contributed by atoms with Crippen molar-refractivity contribution in [3.63, 3.8) is 0 Å². The van der Waals surface area contributed by atoms with Gasteiger partial charge in [-0.15, -0.1) is 4.83 Å². The number of aryl methyl sites for hydroxylation is 1. The highest BCUT2D eigenvalue weighted by Crippen LogP contribution is 2.15. The molecule has 0 spiro atoms. The van der Waals surface area contributed by atoms with Crippen molar-refractivity contribution in [2.24, 2.45) is 0 Å². The maximum atomic E-state index is 12.2. The molecule has 1 atom stereocenters. The Labute approximate surface area is 136 Å². The molecular weight excluding hydrogens is 336 g/mol. The van der Waals surface area contributed by atoms with Crippen molar-refractivity contribution in [3.8, 4) is 0 Å². The fourth-order valence-electron chi connectivity index (χ4n) is 1.89. The molecule has 23 heavy (non-hydrogen) atoms. The normalized spacial score (nSPS) is 14.3. The van der Waals surface area contributed by atoms with E-state index >= 15 is 0 Å². The van der Waals surface area contributed by atoms with Crippen LogP contribution >= 0.6 is 0 Å². The Morgan fingerprint density at radius 1 is 1.13 bits per heavy atom. The van der Waals surface area contributed by atoms with E-state index in [0.29, 0.717) is 6.54 Å². The lowest BCUT2D eigenvalue weighted by Gasteiger charge is -2.10. The lowest BCUT2D eigenvalue weighted by atomic mass is 10.2. The zero-order valence-electron chi connectivity index (χ0n) is 12.7. The highest BCUT2D eigenvalue weighted by molar-refractivity contribution is 7.92. The Kier molecular flexibility index (Phi) is 5.15. The number of aromatic nitrogens is 1. The molecular formula is C14H18N4O3S2. The van der Waals surface area contributed by atoms with Crippen LogP contribution in [0.5, 0.6) is 0 Å². The molecule has 0 saturated carbocycles. The standard InChI is InChI=1S/C14H18N4O3S2/c1-11-8-12(6-7-16-11)10-17-18-23(20,21)14-5-3-4-13(9-14)22(2,15)19/h3-9,15,17-18H,10H2,1-2H3. The van der Waals surface area contributed by atoms with Crippen LogP contribution in [0.4, 0.5) is 0 Å². The molecule has 1 heterocycles. The molecule has 0 bridgehead atoms. The van der Waals surface area contributed by atoms with Crippen molar-refractivity contribution in [2.45, 2.75) is 23.3 Å². The van der Waals surface area contributed by atoms with Crippen molar-refractivity contribution in [2.75, 3.05) is 6.26 Å². The second-order valence-corrected chi connectivity index (χ2v) is 8.92. The predicted octanol–water partition coefficient (Wildman–Crippen LogP) is 1.41. The van der Waals surface area contributed by atoms with Crippen LogP contribution in [-0.4, -0.2) is 23.9 Å². The minimum Gasteiger partial charge on any atom is -0.262 e. The largest absolute Gasteiger partial charge is 0.262 e. The van der Waals surface area contributed by atoms with Crippen molar-refractivity contribution in [1.29, 1.82) is 4.78 Å². The summed E-state index contributed by atoms with van der Waals surface area (Å²) in [5.41, 5.74) is 4.37. The van der Waals surface area contributed by atoms with Crippen LogP contribution in [0.15, 0.2) is 52.4 Å². The lowest BCUT2D eigenvalue weighted by molar-refractivity contribution is 0.554. The van der Waals surface area contributed by atoms with Crippen LogP contribution in [0.2, 0.25) is 0 Å². The smallest absolute Gasteiger partial charge is 0.253 e. The number of hydrazine groups is 1. The van der Waals surface area contributed by atoms with Crippen LogP contribution in [0.3, 0.4) is 0 Å². The molecule has 3 N–H and O–H groups in total. The number of benzene rings is 1. The molecule has 0 aliphatic heterocycles. The van der Waals surface area contributed by atoms with Gasteiger partial charge in [0, 0.05) is 29.6 Å². The second-order valence-electron chi connectivity index (χ2n) is 5.08. The molecule has 9 heteroatoms. The van der Waals surface area contributed by atoms with Crippen molar-refractivity contribution >= 4 is 19.8 Å². The summed E-state index contributed by atoms with van der Waals surface area (Å²) in [7, 11) is -6.78. The number of hydrogen-bond donors (Lipinski definition) is 3. The molecule has 1 aromatic heterocycles. The van der Waals surface area contributed by atoms with E-state index in [0.717, 1.165) is 11.3 Å². The van der Waals surface area contributed by atoms with E-state index in [2.05, 4.69) is 15.2 Å². The Morgan fingerprint density at radius 2 is 1.83 bits per heavy atom. The van der Waals surface area contributed by atoms with Crippen LogP contribution in [0.25, 0.3) is 0 Å². The molecule has 1 unspecified atom stereocenters. The fraction of sp³-hybridized carbons (Fsp3) is 0.214. The van der Waals surface area contributed by atoms with Crippen molar-refractivity contribution in [1.82, 2.24) is 15.2 Å². The number of nitrogens with one attached hydrogen (secondary N) is 3. The zero-order valence-corrected chi connectivity index (χ0v) is 14.4. The quantitative estimate of drug-likeness (QED) is 0.679. The lowest BCUT2D eigenvalue weighted by Crippen LogP contribution is -2.36. The van der Waals surface area contributed by atoms with Gasteiger partial charge < -0.3 is 0 Å². The van der Waals surface area contributed by atoms with E-state index in [-0.39, 0.29) is 9.79 Å². The first-order valence-corrected chi connectivity index (χ1v) is 10.1. The molecule has 0 radical (unpaired) electrons. The summed E-state index contributed by atoms with van der Waals surface area (Å²) in [5, 5.41) is 0. The van der Waals surface area contributed by atoms with Gasteiger partial charge in [0.2, 0.25) is 0 Å². The van der Waals surface area contributed by atoms with Gasteiger partial charge in [-0.05, 0) is 42.8 Å². The number of hydrogen-bond acceptors (Lipinski definition) is 6. The summed E-state index contributed by atoms with van der Waals surface area (Å²) in [6.07, 6.45) is 2.90. The monoisotopic (exact) mass is 354 g/mol.